The molecule has 0 aromatic carbocycles. The van der Waals surface area contributed by atoms with Crippen molar-refractivity contribution in [1.82, 2.24) is 4.90 Å². The maximum atomic E-state index is 12.3. The summed E-state index contributed by atoms with van der Waals surface area (Å²) in [5.41, 5.74) is 0. The molecule has 0 aromatic rings. The molecule has 0 aliphatic rings. The molecule has 2 unspecified atom stereocenters. The lowest BCUT2D eigenvalue weighted by molar-refractivity contribution is -0.137. The Morgan fingerprint density at radius 2 is 2.00 bits per heavy atom. The van der Waals surface area contributed by atoms with Crippen LogP contribution in [0.15, 0.2) is 0 Å². The number of nitrogens with zero attached hydrogens (tertiary/aromatic N) is 2. The molecule has 0 heterocycles. The molecule has 0 fully saturated rings. The van der Waals surface area contributed by atoms with E-state index in [9.17, 15) is 4.79 Å². The SMILES string of the molecule is CCC(C)N(CCOC)C(=O)C(C#N)C(C)C. The molecule has 0 rings (SSSR count). The minimum atomic E-state index is -0.555. The molecule has 1 amide bonds. The van der Waals surface area contributed by atoms with Crippen molar-refractivity contribution in [3.8, 4) is 6.07 Å². The van der Waals surface area contributed by atoms with E-state index in [1.165, 1.54) is 0 Å². The zero-order valence-corrected chi connectivity index (χ0v) is 11.6. The highest BCUT2D eigenvalue weighted by Gasteiger charge is 2.28. The van der Waals surface area contributed by atoms with Crippen LogP contribution in [0.3, 0.4) is 0 Å². The number of amides is 1. The summed E-state index contributed by atoms with van der Waals surface area (Å²) in [6.07, 6.45) is 0.881. The summed E-state index contributed by atoms with van der Waals surface area (Å²) in [5.74, 6) is -0.587. The van der Waals surface area contributed by atoms with Gasteiger partial charge >= 0.3 is 0 Å². The van der Waals surface area contributed by atoms with E-state index in [2.05, 4.69) is 6.07 Å². The number of ether oxygens (including phenoxy) is 1. The van der Waals surface area contributed by atoms with Crippen molar-refractivity contribution in [3.05, 3.63) is 0 Å². The lowest BCUT2D eigenvalue weighted by atomic mass is 9.95. The fraction of sp³-hybridized carbons (Fsp3) is 0.846. The Morgan fingerprint density at radius 3 is 2.35 bits per heavy atom. The topological polar surface area (TPSA) is 53.3 Å². The summed E-state index contributed by atoms with van der Waals surface area (Å²) in [6, 6.07) is 2.25. The van der Waals surface area contributed by atoms with E-state index in [-0.39, 0.29) is 17.9 Å². The Kier molecular flexibility index (Phi) is 7.56. The third-order valence-electron chi connectivity index (χ3n) is 3.01. The Bertz CT molecular complexity index is 271. The van der Waals surface area contributed by atoms with E-state index in [0.29, 0.717) is 13.2 Å². The first-order valence-electron chi connectivity index (χ1n) is 6.18. The van der Waals surface area contributed by atoms with Gasteiger partial charge in [-0.05, 0) is 19.3 Å². The molecule has 0 radical (unpaired) electrons. The average molecular weight is 240 g/mol. The summed E-state index contributed by atoms with van der Waals surface area (Å²) in [7, 11) is 1.61. The summed E-state index contributed by atoms with van der Waals surface area (Å²) < 4.78 is 5.01. The van der Waals surface area contributed by atoms with E-state index < -0.39 is 5.92 Å². The van der Waals surface area contributed by atoms with Gasteiger partial charge in [-0.2, -0.15) is 5.26 Å². The molecule has 0 bridgehead atoms. The maximum absolute atomic E-state index is 12.3. The number of hydrogen-bond acceptors (Lipinski definition) is 3. The van der Waals surface area contributed by atoms with Crippen LogP contribution in [0.5, 0.6) is 0 Å². The van der Waals surface area contributed by atoms with Gasteiger partial charge in [0.2, 0.25) is 5.91 Å². The molecule has 2 atom stereocenters. The summed E-state index contributed by atoms with van der Waals surface area (Å²) in [4.78, 5) is 14.0. The monoisotopic (exact) mass is 240 g/mol. The van der Waals surface area contributed by atoms with Crippen LogP contribution in [-0.2, 0) is 9.53 Å². The highest BCUT2D eigenvalue weighted by atomic mass is 16.5. The largest absolute Gasteiger partial charge is 0.383 e. The maximum Gasteiger partial charge on any atom is 0.240 e. The van der Waals surface area contributed by atoms with Crippen LogP contribution < -0.4 is 0 Å². The quantitative estimate of drug-likeness (QED) is 0.684. The van der Waals surface area contributed by atoms with E-state index in [1.54, 1.807) is 12.0 Å². The van der Waals surface area contributed by atoms with Gasteiger partial charge in [-0.1, -0.05) is 20.8 Å². The molecular formula is C13H24N2O2. The van der Waals surface area contributed by atoms with Gasteiger partial charge in [0.25, 0.3) is 0 Å². The van der Waals surface area contributed by atoms with Gasteiger partial charge in [-0.15, -0.1) is 0 Å². The van der Waals surface area contributed by atoms with E-state index in [1.807, 2.05) is 27.7 Å². The van der Waals surface area contributed by atoms with Crippen LogP contribution in [0.1, 0.15) is 34.1 Å². The number of hydrogen-bond donors (Lipinski definition) is 0. The third kappa shape index (κ3) is 4.74. The van der Waals surface area contributed by atoms with Crippen LogP contribution in [0.4, 0.5) is 0 Å². The number of nitriles is 1. The van der Waals surface area contributed by atoms with Crippen LogP contribution >= 0.6 is 0 Å². The van der Waals surface area contributed by atoms with Crippen LogP contribution in [0, 0.1) is 23.2 Å². The molecule has 4 nitrogen and oxygen atoms in total. The first kappa shape index (κ1) is 15.9. The number of carbonyl (C=O) groups is 1. The Hall–Kier alpha value is -1.08. The standard InChI is InChI=1S/C13H24N2O2/c1-6-11(4)15(7-8-17-5)13(16)12(9-14)10(2)3/h10-12H,6-8H2,1-5H3. The van der Waals surface area contributed by atoms with Gasteiger partial charge in [0, 0.05) is 19.7 Å². The zero-order valence-electron chi connectivity index (χ0n) is 11.6. The molecule has 0 spiro atoms. The van der Waals surface area contributed by atoms with Gasteiger partial charge < -0.3 is 9.64 Å². The number of carbonyl (C=O) groups excluding carboxylic acids is 1. The van der Waals surface area contributed by atoms with Crippen molar-refractivity contribution in [1.29, 1.82) is 5.26 Å². The lowest BCUT2D eigenvalue weighted by Crippen LogP contribution is -2.44. The second-order valence-electron chi connectivity index (χ2n) is 4.63. The molecule has 0 N–H and O–H groups in total. The van der Waals surface area contributed by atoms with Gasteiger partial charge in [0.15, 0.2) is 0 Å². The fourth-order valence-electron chi connectivity index (χ4n) is 1.63. The predicted octanol–water partition coefficient (Wildman–Crippen LogP) is 2.06. The van der Waals surface area contributed by atoms with Crippen molar-refractivity contribution in [2.75, 3.05) is 20.3 Å². The van der Waals surface area contributed by atoms with Gasteiger partial charge in [0.05, 0.1) is 12.7 Å². The molecule has 0 saturated heterocycles. The second kappa shape index (κ2) is 8.08. The van der Waals surface area contributed by atoms with E-state index >= 15 is 0 Å². The van der Waals surface area contributed by atoms with Gasteiger partial charge in [-0.25, -0.2) is 0 Å². The van der Waals surface area contributed by atoms with Crippen molar-refractivity contribution < 1.29 is 9.53 Å². The first-order chi connectivity index (χ1) is 7.99. The van der Waals surface area contributed by atoms with Crippen molar-refractivity contribution in [2.24, 2.45) is 11.8 Å². The van der Waals surface area contributed by atoms with Crippen molar-refractivity contribution in [3.63, 3.8) is 0 Å². The minimum absolute atomic E-state index is 0.0431. The number of rotatable bonds is 7. The lowest BCUT2D eigenvalue weighted by Gasteiger charge is -2.31. The Balaban J connectivity index is 4.78. The summed E-state index contributed by atoms with van der Waals surface area (Å²) in [6.45, 7) is 8.90. The third-order valence-corrected chi connectivity index (χ3v) is 3.01. The van der Waals surface area contributed by atoms with Crippen LogP contribution in [0.2, 0.25) is 0 Å². The molecule has 0 saturated carbocycles. The van der Waals surface area contributed by atoms with Crippen LogP contribution in [0.25, 0.3) is 0 Å². The second-order valence-corrected chi connectivity index (χ2v) is 4.63. The molecule has 0 aliphatic carbocycles. The fourth-order valence-corrected chi connectivity index (χ4v) is 1.63. The molecule has 0 aromatic heterocycles. The van der Waals surface area contributed by atoms with E-state index in [0.717, 1.165) is 6.42 Å². The highest BCUT2D eigenvalue weighted by Crippen LogP contribution is 2.16. The van der Waals surface area contributed by atoms with E-state index in [4.69, 9.17) is 10.00 Å². The zero-order chi connectivity index (χ0) is 13.4. The highest BCUT2D eigenvalue weighted by molar-refractivity contribution is 5.81. The molecule has 4 heteroatoms. The normalized spacial score (nSPS) is 14.2. The van der Waals surface area contributed by atoms with Gasteiger partial charge in [-0.3, -0.25) is 4.79 Å². The number of methoxy groups -OCH3 is 1. The van der Waals surface area contributed by atoms with Crippen molar-refractivity contribution in [2.45, 2.75) is 40.2 Å². The predicted molar refractivity (Wildman–Crippen MR) is 67.3 cm³/mol. The molecule has 17 heavy (non-hydrogen) atoms. The smallest absolute Gasteiger partial charge is 0.240 e. The Morgan fingerprint density at radius 1 is 1.41 bits per heavy atom. The van der Waals surface area contributed by atoms with Crippen LogP contribution in [-0.4, -0.2) is 37.1 Å². The molecular weight excluding hydrogens is 216 g/mol. The molecule has 98 valence electrons. The minimum Gasteiger partial charge on any atom is -0.383 e. The van der Waals surface area contributed by atoms with Gasteiger partial charge in [0.1, 0.15) is 5.92 Å². The molecule has 0 aliphatic heterocycles. The summed E-state index contributed by atoms with van der Waals surface area (Å²) in [5, 5.41) is 9.07. The Labute approximate surface area is 105 Å². The van der Waals surface area contributed by atoms with Crippen molar-refractivity contribution >= 4 is 5.91 Å². The first-order valence-corrected chi connectivity index (χ1v) is 6.18. The average Bonchev–Trinajstić information content (AvgIpc) is 2.29. The summed E-state index contributed by atoms with van der Waals surface area (Å²) >= 11 is 0.